The molecule has 1 aromatic heterocycles. The molecule has 3 heterocycles. The molecule has 0 unspecified atom stereocenters. The molecule has 0 saturated carbocycles. The number of carbonyl (C=O) groups excluding carboxylic acids is 2. The van der Waals surface area contributed by atoms with Crippen LogP contribution in [-0.2, 0) is 11.3 Å². The zero-order chi connectivity index (χ0) is 20.2. The van der Waals surface area contributed by atoms with E-state index in [0.717, 1.165) is 18.5 Å². The van der Waals surface area contributed by atoms with E-state index in [1.54, 1.807) is 12.5 Å². The lowest BCUT2D eigenvalue weighted by atomic mass is 10.1. The van der Waals surface area contributed by atoms with Crippen LogP contribution in [0.2, 0.25) is 0 Å². The van der Waals surface area contributed by atoms with Gasteiger partial charge in [0, 0.05) is 43.5 Å². The summed E-state index contributed by atoms with van der Waals surface area (Å²) in [6.07, 6.45) is 5.50. The van der Waals surface area contributed by atoms with Gasteiger partial charge in [0.05, 0.1) is 18.4 Å². The fourth-order valence-electron chi connectivity index (χ4n) is 4.03. The van der Waals surface area contributed by atoms with Crippen LogP contribution in [0.4, 0.5) is 4.39 Å². The van der Waals surface area contributed by atoms with E-state index in [1.807, 2.05) is 0 Å². The van der Waals surface area contributed by atoms with Crippen molar-refractivity contribution in [3.8, 4) is 5.75 Å². The third-order valence-electron chi connectivity index (χ3n) is 5.47. The number of nitrogens with zero attached hydrogens (tertiary/aromatic N) is 2. The molecule has 2 aromatic rings. The fraction of sp³-hybridized carbons (Fsp3) is 0.450. The number of aromatic nitrogens is 2. The van der Waals surface area contributed by atoms with Crippen molar-refractivity contribution in [1.29, 1.82) is 0 Å². The summed E-state index contributed by atoms with van der Waals surface area (Å²) in [5, 5.41) is 5.78. The Morgan fingerprint density at radius 2 is 2.07 bits per heavy atom. The van der Waals surface area contributed by atoms with Crippen LogP contribution in [-0.4, -0.2) is 58.5 Å². The van der Waals surface area contributed by atoms with Crippen molar-refractivity contribution in [1.82, 2.24) is 25.5 Å². The number of halogens is 1. The van der Waals surface area contributed by atoms with E-state index in [-0.39, 0.29) is 36.1 Å². The number of amides is 2. The van der Waals surface area contributed by atoms with E-state index < -0.39 is 5.82 Å². The molecule has 0 spiro atoms. The lowest BCUT2D eigenvalue weighted by Crippen LogP contribution is -2.44. The largest absolute Gasteiger partial charge is 0.491 e. The first kappa shape index (κ1) is 19.4. The summed E-state index contributed by atoms with van der Waals surface area (Å²) >= 11 is 0. The Kier molecular flexibility index (Phi) is 5.75. The quantitative estimate of drug-likeness (QED) is 0.703. The molecule has 1 fully saturated rings. The van der Waals surface area contributed by atoms with Gasteiger partial charge in [-0.15, -0.1) is 0 Å². The van der Waals surface area contributed by atoms with E-state index in [4.69, 9.17) is 4.74 Å². The van der Waals surface area contributed by atoms with Crippen LogP contribution in [0.5, 0.6) is 5.75 Å². The normalized spacial score (nSPS) is 23.5. The first-order valence-electron chi connectivity index (χ1n) is 9.80. The molecule has 9 heteroatoms. The van der Waals surface area contributed by atoms with Crippen molar-refractivity contribution in [2.75, 3.05) is 19.7 Å². The molecule has 0 aliphatic carbocycles. The first-order valence-corrected chi connectivity index (χ1v) is 9.80. The number of aromatic amines is 1. The Balaban J connectivity index is 1.57. The van der Waals surface area contributed by atoms with Crippen molar-refractivity contribution in [3.63, 3.8) is 0 Å². The molecule has 1 aromatic carbocycles. The molecule has 2 aliphatic rings. The zero-order valence-corrected chi connectivity index (χ0v) is 16.0. The molecule has 154 valence electrons. The minimum Gasteiger partial charge on any atom is -0.491 e. The second-order valence-electron chi connectivity index (χ2n) is 7.39. The molecule has 2 aliphatic heterocycles. The summed E-state index contributed by atoms with van der Waals surface area (Å²) in [4.78, 5) is 34.5. The van der Waals surface area contributed by atoms with Crippen LogP contribution < -0.4 is 15.4 Å². The standard InChI is InChI=1S/C20H24FN5O3/c21-13-1-4-18-17(7-13)20(28)24-10-16-3-2-15(8-19(27)23-5-6-29-18)26(16)11-14-9-22-12-25-14/h1,4,7,9,12,15-16H,2-3,5-6,8,10-11H2,(H,22,25)(H,23,27)(H,24,28)/t15-,16+/m0/s1. The molecule has 2 bridgehead atoms. The van der Waals surface area contributed by atoms with E-state index in [2.05, 4.69) is 25.5 Å². The summed E-state index contributed by atoms with van der Waals surface area (Å²) in [5.41, 5.74) is 1.11. The number of H-pyrrole nitrogens is 1. The Hall–Kier alpha value is -2.94. The zero-order valence-electron chi connectivity index (χ0n) is 16.0. The highest BCUT2D eigenvalue weighted by Gasteiger charge is 2.35. The summed E-state index contributed by atoms with van der Waals surface area (Å²) in [5.74, 6) is -0.604. The maximum absolute atomic E-state index is 13.7. The van der Waals surface area contributed by atoms with E-state index in [1.165, 1.54) is 18.2 Å². The summed E-state index contributed by atoms with van der Waals surface area (Å²) in [6.45, 7) is 1.53. The van der Waals surface area contributed by atoms with Gasteiger partial charge in [-0.2, -0.15) is 0 Å². The minimum atomic E-state index is -0.501. The molecule has 2 amide bonds. The molecule has 0 radical (unpaired) electrons. The second kappa shape index (κ2) is 8.60. The van der Waals surface area contributed by atoms with Crippen molar-refractivity contribution in [2.24, 2.45) is 0 Å². The van der Waals surface area contributed by atoms with Crippen LogP contribution in [0.1, 0.15) is 35.3 Å². The van der Waals surface area contributed by atoms with Gasteiger partial charge >= 0.3 is 0 Å². The number of carbonyl (C=O) groups is 2. The Morgan fingerprint density at radius 1 is 1.21 bits per heavy atom. The average Bonchev–Trinajstić information content (AvgIpc) is 3.35. The molecule has 1 saturated heterocycles. The van der Waals surface area contributed by atoms with Gasteiger partial charge in [0.2, 0.25) is 5.91 Å². The number of rotatable bonds is 2. The number of ether oxygens (including phenoxy) is 1. The first-order chi connectivity index (χ1) is 14.1. The van der Waals surface area contributed by atoms with Gasteiger partial charge in [-0.1, -0.05) is 0 Å². The summed E-state index contributed by atoms with van der Waals surface area (Å²) in [6, 6.07) is 4.01. The Labute approximate surface area is 167 Å². The molecule has 8 nitrogen and oxygen atoms in total. The third-order valence-corrected chi connectivity index (χ3v) is 5.47. The van der Waals surface area contributed by atoms with E-state index in [0.29, 0.717) is 31.8 Å². The molecule has 2 atom stereocenters. The van der Waals surface area contributed by atoms with Gasteiger partial charge in [-0.3, -0.25) is 14.5 Å². The number of imidazole rings is 1. The third kappa shape index (κ3) is 4.56. The molecule has 4 rings (SSSR count). The van der Waals surface area contributed by atoms with Gasteiger partial charge in [0.1, 0.15) is 18.2 Å². The monoisotopic (exact) mass is 401 g/mol. The van der Waals surface area contributed by atoms with Crippen LogP contribution in [0, 0.1) is 5.82 Å². The number of hydrogen-bond acceptors (Lipinski definition) is 5. The van der Waals surface area contributed by atoms with Crippen molar-refractivity contribution < 1.29 is 18.7 Å². The maximum atomic E-state index is 13.7. The molecule has 29 heavy (non-hydrogen) atoms. The highest BCUT2D eigenvalue weighted by atomic mass is 19.1. The lowest BCUT2D eigenvalue weighted by Gasteiger charge is -2.30. The number of fused-ring (bicyclic) bond motifs is 3. The predicted molar refractivity (Wildman–Crippen MR) is 103 cm³/mol. The van der Waals surface area contributed by atoms with Crippen LogP contribution in [0.3, 0.4) is 0 Å². The minimum absolute atomic E-state index is 0.0331. The van der Waals surface area contributed by atoms with Crippen molar-refractivity contribution >= 4 is 11.8 Å². The van der Waals surface area contributed by atoms with Crippen molar-refractivity contribution in [2.45, 2.75) is 37.9 Å². The summed E-state index contributed by atoms with van der Waals surface area (Å²) in [7, 11) is 0. The predicted octanol–water partition coefficient (Wildman–Crippen LogP) is 1.21. The lowest BCUT2D eigenvalue weighted by molar-refractivity contribution is -0.122. The topological polar surface area (TPSA) is 99.3 Å². The number of benzene rings is 1. The fourth-order valence-corrected chi connectivity index (χ4v) is 4.03. The van der Waals surface area contributed by atoms with E-state index >= 15 is 0 Å². The highest BCUT2D eigenvalue weighted by Crippen LogP contribution is 2.28. The van der Waals surface area contributed by atoms with Gasteiger partial charge in [-0.05, 0) is 31.0 Å². The van der Waals surface area contributed by atoms with E-state index in [9.17, 15) is 14.0 Å². The van der Waals surface area contributed by atoms with Crippen LogP contribution in [0.25, 0.3) is 0 Å². The van der Waals surface area contributed by atoms with Gasteiger partial charge < -0.3 is 20.4 Å². The summed E-state index contributed by atoms with van der Waals surface area (Å²) < 4.78 is 19.3. The maximum Gasteiger partial charge on any atom is 0.255 e. The number of nitrogens with one attached hydrogen (secondary N) is 3. The average molecular weight is 401 g/mol. The van der Waals surface area contributed by atoms with Gasteiger partial charge in [0.15, 0.2) is 0 Å². The highest BCUT2D eigenvalue weighted by molar-refractivity contribution is 5.97. The SMILES string of the molecule is O=C1C[C@@H]2CC[C@H](CNC(=O)c3cc(F)ccc3OCCN1)N2Cc1cnc[nH]1. The van der Waals surface area contributed by atoms with Crippen LogP contribution in [0.15, 0.2) is 30.7 Å². The second-order valence-corrected chi connectivity index (χ2v) is 7.39. The molecule has 3 N–H and O–H groups in total. The van der Waals surface area contributed by atoms with Crippen LogP contribution >= 0.6 is 0 Å². The smallest absolute Gasteiger partial charge is 0.255 e. The Bertz CT molecular complexity index is 873. The molecular formula is C20H24FN5O3. The number of hydrogen-bond donors (Lipinski definition) is 3. The molecular weight excluding hydrogens is 377 g/mol. The Morgan fingerprint density at radius 3 is 2.90 bits per heavy atom. The van der Waals surface area contributed by atoms with Gasteiger partial charge in [-0.25, -0.2) is 9.37 Å². The van der Waals surface area contributed by atoms with Crippen molar-refractivity contribution in [3.05, 3.63) is 47.8 Å². The van der Waals surface area contributed by atoms with Gasteiger partial charge in [0.25, 0.3) is 5.91 Å².